The molecular formula is C14H11ClFN3OS. The molecule has 0 spiro atoms. The third-order valence-electron chi connectivity index (χ3n) is 2.99. The molecule has 4 nitrogen and oxygen atoms in total. The maximum atomic E-state index is 13.2. The fourth-order valence-electron chi connectivity index (χ4n) is 1.98. The van der Waals surface area contributed by atoms with Crippen LogP contribution >= 0.6 is 11.6 Å². The summed E-state index contributed by atoms with van der Waals surface area (Å²) in [4.78, 5) is 7.22. The molecule has 3 N–H and O–H groups in total. The lowest BCUT2D eigenvalue weighted by atomic mass is 10.2. The van der Waals surface area contributed by atoms with Crippen molar-refractivity contribution < 1.29 is 8.60 Å². The van der Waals surface area contributed by atoms with Gasteiger partial charge < -0.3 is 10.7 Å². The van der Waals surface area contributed by atoms with Crippen LogP contribution in [0.3, 0.4) is 0 Å². The van der Waals surface area contributed by atoms with Crippen LogP contribution in [0.4, 0.5) is 10.1 Å². The molecule has 0 saturated carbocycles. The van der Waals surface area contributed by atoms with Gasteiger partial charge in [0.05, 0.1) is 27.6 Å². The normalized spacial score (nSPS) is 12.7. The van der Waals surface area contributed by atoms with Crippen molar-refractivity contribution >= 4 is 39.1 Å². The molecule has 1 aromatic heterocycles. The van der Waals surface area contributed by atoms with Gasteiger partial charge in [-0.25, -0.2) is 9.37 Å². The third-order valence-corrected chi connectivity index (χ3v) is 4.56. The Morgan fingerprint density at radius 2 is 2.10 bits per heavy atom. The number of benzene rings is 2. The van der Waals surface area contributed by atoms with Gasteiger partial charge in [-0.1, -0.05) is 11.6 Å². The summed E-state index contributed by atoms with van der Waals surface area (Å²) in [5.74, 6) is -0.324. The zero-order valence-corrected chi connectivity index (χ0v) is 12.3. The predicted octanol–water partition coefficient (Wildman–Crippen LogP) is 3.25. The van der Waals surface area contributed by atoms with E-state index in [0.717, 1.165) is 0 Å². The number of imidazole rings is 1. The molecule has 2 aromatic carbocycles. The number of hydrogen-bond donors (Lipinski definition) is 2. The molecule has 7 heteroatoms. The molecule has 1 unspecified atom stereocenters. The minimum absolute atomic E-state index is 0.0892. The first-order chi connectivity index (χ1) is 10.0. The van der Waals surface area contributed by atoms with Crippen molar-refractivity contribution in [3.05, 3.63) is 52.8 Å². The summed E-state index contributed by atoms with van der Waals surface area (Å²) < 4.78 is 25.6. The highest BCUT2D eigenvalue weighted by Gasteiger charge is 2.13. The molecule has 3 aromatic rings. The Labute approximate surface area is 127 Å². The van der Waals surface area contributed by atoms with E-state index in [2.05, 4.69) is 9.97 Å². The quantitative estimate of drug-likeness (QED) is 0.727. The molecule has 0 aliphatic heterocycles. The van der Waals surface area contributed by atoms with Crippen LogP contribution in [0.15, 0.2) is 41.6 Å². The van der Waals surface area contributed by atoms with Crippen molar-refractivity contribution in [3.63, 3.8) is 0 Å². The molecule has 21 heavy (non-hydrogen) atoms. The number of nitrogens with one attached hydrogen (secondary N) is 1. The van der Waals surface area contributed by atoms with Crippen molar-refractivity contribution in [2.45, 2.75) is 10.9 Å². The van der Waals surface area contributed by atoms with Crippen LogP contribution in [0.25, 0.3) is 11.0 Å². The number of fused-ring (bicyclic) bond motifs is 1. The molecule has 0 aliphatic rings. The molecule has 1 atom stereocenters. The van der Waals surface area contributed by atoms with E-state index in [9.17, 15) is 8.60 Å². The van der Waals surface area contributed by atoms with E-state index in [0.29, 0.717) is 32.5 Å². The lowest BCUT2D eigenvalue weighted by Gasteiger charge is -2.02. The zero-order valence-electron chi connectivity index (χ0n) is 10.8. The van der Waals surface area contributed by atoms with Crippen molar-refractivity contribution in [2.24, 2.45) is 0 Å². The van der Waals surface area contributed by atoms with E-state index >= 15 is 0 Å². The number of hydrogen-bond acceptors (Lipinski definition) is 3. The van der Waals surface area contributed by atoms with Gasteiger partial charge in [0, 0.05) is 10.7 Å². The molecule has 0 aliphatic carbocycles. The number of halogens is 2. The second kappa shape index (κ2) is 5.46. The van der Waals surface area contributed by atoms with Crippen LogP contribution in [-0.4, -0.2) is 14.2 Å². The summed E-state index contributed by atoms with van der Waals surface area (Å²) >= 11 is 5.98. The molecule has 1 heterocycles. The molecule has 0 radical (unpaired) electrons. The fraction of sp³-hybridized carbons (Fsp3) is 0.0714. The van der Waals surface area contributed by atoms with Gasteiger partial charge in [0.2, 0.25) is 0 Å². The first kappa shape index (κ1) is 14.0. The van der Waals surface area contributed by atoms with Crippen LogP contribution < -0.4 is 5.73 Å². The highest BCUT2D eigenvalue weighted by molar-refractivity contribution is 7.84. The van der Waals surface area contributed by atoms with E-state index in [4.69, 9.17) is 17.3 Å². The highest BCUT2D eigenvalue weighted by atomic mass is 35.5. The van der Waals surface area contributed by atoms with Crippen molar-refractivity contribution in [2.75, 3.05) is 5.73 Å². The predicted molar refractivity (Wildman–Crippen MR) is 82.0 cm³/mol. The molecule has 0 bridgehead atoms. The SMILES string of the molecule is Nc1ccc2nc(S(=O)Cc3cc(F)ccc3Cl)[nH]c2c1. The van der Waals surface area contributed by atoms with Crippen molar-refractivity contribution in [1.82, 2.24) is 9.97 Å². The second-order valence-electron chi connectivity index (χ2n) is 4.54. The van der Waals surface area contributed by atoms with E-state index in [1.807, 2.05) is 0 Å². The van der Waals surface area contributed by atoms with Gasteiger partial charge in [0.25, 0.3) is 0 Å². The Kier molecular flexibility index (Phi) is 3.65. The minimum atomic E-state index is -1.45. The van der Waals surface area contributed by atoms with Crippen LogP contribution in [0.1, 0.15) is 5.56 Å². The number of nitrogen functional groups attached to an aromatic ring is 1. The van der Waals surface area contributed by atoms with Crippen molar-refractivity contribution in [1.29, 1.82) is 0 Å². The monoisotopic (exact) mass is 323 g/mol. The molecule has 0 amide bonds. The van der Waals surface area contributed by atoms with Crippen LogP contribution in [0.2, 0.25) is 5.02 Å². The summed E-state index contributed by atoms with van der Waals surface area (Å²) in [5, 5.41) is 0.695. The topological polar surface area (TPSA) is 71.8 Å². The maximum absolute atomic E-state index is 13.2. The van der Waals surface area contributed by atoms with Gasteiger partial charge in [-0.15, -0.1) is 0 Å². The number of anilines is 1. The molecule has 108 valence electrons. The van der Waals surface area contributed by atoms with Gasteiger partial charge in [-0.3, -0.25) is 4.21 Å². The van der Waals surface area contributed by atoms with Gasteiger partial charge in [-0.05, 0) is 42.0 Å². The Balaban J connectivity index is 1.91. The third kappa shape index (κ3) is 2.91. The number of H-pyrrole nitrogens is 1. The smallest absolute Gasteiger partial charge is 0.197 e. The van der Waals surface area contributed by atoms with Crippen LogP contribution in [-0.2, 0) is 16.6 Å². The molecular weight excluding hydrogens is 313 g/mol. The second-order valence-corrected chi connectivity index (χ2v) is 6.32. The van der Waals surface area contributed by atoms with Gasteiger partial charge >= 0.3 is 0 Å². The van der Waals surface area contributed by atoms with Gasteiger partial charge in [0.15, 0.2) is 5.16 Å². The Hall–Kier alpha value is -1.92. The number of aromatic nitrogens is 2. The number of nitrogens with zero attached hydrogens (tertiary/aromatic N) is 1. The average Bonchev–Trinajstić information content (AvgIpc) is 2.86. The highest BCUT2D eigenvalue weighted by Crippen LogP contribution is 2.22. The zero-order chi connectivity index (χ0) is 15.0. The Bertz CT molecular complexity index is 849. The average molecular weight is 324 g/mol. The Morgan fingerprint density at radius 3 is 2.90 bits per heavy atom. The summed E-state index contributed by atoms with van der Waals surface area (Å²) in [7, 11) is -1.45. The Morgan fingerprint density at radius 1 is 1.29 bits per heavy atom. The number of aromatic amines is 1. The molecule has 0 fully saturated rings. The van der Waals surface area contributed by atoms with Gasteiger partial charge in [0.1, 0.15) is 5.82 Å². The van der Waals surface area contributed by atoms with E-state index in [1.54, 1.807) is 18.2 Å². The summed E-state index contributed by atoms with van der Waals surface area (Å²) in [6.45, 7) is 0. The first-order valence-corrected chi connectivity index (χ1v) is 7.80. The standard InChI is InChI=1S/C14H11ClFN3OS/c15-11-3-1-9(16)5-8(11)7-21(20)14-18-12-4-2-10(17)6-13(12)19-14/h1-6H,7,17H2,(H,18,19). The largest absolute Gasteiger partial charge is 0.399 e. The van der Waals surface area contributed by atoms with Crippen LogP contribution in [0, 0.1) is 5.82 Å². The van der Waals surface area contributed by atoms with Gasteiger partial charge in [-0.2, -0.15) is 0 Å². The fourth-order valence-corrected chi connectivity index (χ4v) is 3.32. The summed E-state index contributed by atoms with van der Waals surface area (Å²) in [6, 6.07) is 9.18. The number of nitrogens with two attached hydrogens (primary N) is 1. The summed E-state index contributed by atoms with van der Waals surface area (Å²) in [5.41, 5.74) is 8.15. The maximum Gasteiger partial charge on any atom is 0.197 e. The summed E-state index contributed by atoms with van der Waals surface area (Å²) in [6.07, 6.45) is 0. The first-order valence-electron chi connectivity index (χ1n) is 6.10. The lowest BCUT2D eigenvalue weighted by molar-refractivity contribution is 0.626. The van der Waals surface area contributed by atoms with E-state index < -0.39 is 16.6 Å². The van der Waals surface area contributed by atoms with E-state index in [-0.39, 0.29) is 5.75 Å². The number of rotatable bonds is 3. The van der Waals surface area contributed by atoms with E-state index in [1.165, 1.54) is 18.2 Å². The van der Waals surface area contributed by atoms with Crippen molar-refractivity contribution in [3.8, 4) is 0 Å². The molecule has 0 saturated heterocycles. The van der Waals surface area contributed by atoms with Crippen LogP contribution in [0.5, 0.6) is 0 Å². The lowest BCUT2D eigenvalue weighted by Crippen LogP contribution is -1.99. The molecule has 3 rings (SSSR count). The minimum Gasteiger partial charge on any atom is -0.399 e.